The zero-order valence-electron chi connectivity index (χ0n) is 19.4. The van der Waals surface area contributed by atoms with Crippen LogP contribution in [0.1, 0.15) is 46.4 Å². The number of hydrogen-bond donors (Lipinski definition) is 2. The lowest BCUT2D eigenvalue weighted by Crippen LogP contribution is -2.25. The highest BCUT2D eigenvalue weighted by Gasteiger charge is 2.21. The lowest BCUT2D eigenvalue weighted by molar-refractivity contribution is 0.0943. The Morgan fingerprint density at radius 3 is 2.43 bits per heavy atom. The normalized spacial score (nSPS) is 10.7. The molecule has 0 bridgehead atoms. The first-order valence-electron chi connectivity index (χ1n) is 11.2. The Hall–Kier alpha value is -4.47. The van der Waals surface area contributed by atoms with Crippen molar-refractivity contribution in [2.24, 2.45) is 0 Å². The van der Waals surface area contributed by atoms with Crippen LogP contribution in [0.2, 0.25) is 0 Å². The second-order valence-electron chi connectivity index (χ2n) is 7.42. The summed E-state index contributed by atoms with van der Waals surface area (Å²) in [5.74, 6) is 1.63. The monoisotopic (exact) mass is 478 g/mol. The van der Waals surface area contributed by atoms with Crippen LogP contribution in [-0.4, -0.2) is 28.2 Å². The molecule has 2 N–H and O–H groups in total. The van der Waals surface area contributed by atoms with Gasteiger partial charge in [0.05, 0.1) is 25.1 Å². The van der Waals surface area contributed by atoms with Gasteiger partial charge in [0.1, 0.15) is 29.6 Å². The number of nitrogens with zero attached hydrogens (tertiary/aromatic N) is 2. The SMILES string of the molecule is CCOc1ccc(OCc2ccc(C(=O)Nc3cn(CC)nc3C(=O)NCc3ccco3)o2)cc1. The quantitative estimate of drug-likeness (QED) is 0.331. The fourth-order valence-corrected chi connectivity index (χ4v) is 3.22. The zero-order chi connectivity index (χ0) is 24.6. The van der Waals surface area contributed by atoms with Gasteiger partial charge in [-0.3, -0.25) is 14.3 Å². The average Bonchev–Trinajstić information content (AvgIpc) is 3.63. The van der Waals surface area contributed by atoms with Crippen LogP contribution in [0.15, 0.2) is 69.8 Å². The topological polar surface area (TPSA) is 121 Å². The van der Waals surface area contributed by atoms with Gasteiger partial charge < -0.3 is 28.9 Å². The van der Waals surface area contributed by atoms with Crippen molar-refractivity contribution < 1.29 is 27.9 Å². The maximum atomic E-state index is 12.8. The van der Waals surface area contributed by atoms with Crippen molar-refractivity contribution in [3.63, 3.8) is 0 Å². The molecule has 10 nitrogen and oxygen atoms in total. The third kappa shape index (κ3) is 6.11. The number of anilines is 1. The zero-order valence-corrected chi connectivity index (χ0v) is 19.4. The van der Waals surface area contributed by atoms with Crippen LogP contribution in [0.3, 0.4) is 0 Å². The second kappa shape index (κ2) is 11.1. The van der Waals surface area contributed by atoms with Crippen LogP contribution in [0, 0.1) is 0 Å². The highest BCUT2D eigenvalue weighted by atomic mass is 16.5. The van der Waals surface area contributed by atoms with Gasteiger partial charge in [-0.2, -0.15) is 5.10 Å². The fraction of sp³-hybridized carbons (Fsp3) is 0.240. The van der Waals surface area contributed by atoms with Crippen LogP contribution >= 0.6 is 0 Å². The number of benzene rings is 1. The largest absolute Gasteiger partial charge is 0.494 e. The summed E-state index contributed by atoms with van der Waals surface area (Å²) < 4.78 is 23.5. The highest BCUT2D eigenvalue weighted by Crippen LogP contribution is 2.20. The molecule has 10 heteroatoms. The van der Waals surface area contributed by atoms with Crippen molar-refractivity contribution in [1.82, 2.24) is 15.1 Å². The second-order valence-corrected chi connectivity index (χ2v) is 7.42. The molecule has 0 radical (unpaired) electrons. The van der Waals surface area contributed by atoms with Crippen molar-refractivity contribution in [1.29, 1.82) is 0 Å². The first kappa shape index (κ1) is 23.7. The molecule has 0 aliphatic rings. The number of rotatable bonds is 11. The van der Waals surface area contributed by atoms with Crippen molar-refractivity contribution in [3.05, 3.63) is 84.0 Å². The molecule has 0 saturated carbocycles. The van der Waals surface area contributed by atoms with Crippen molar-refractivity contribution in [2.45, 2.75) is 33.5 Å². The average molecular weight is 479 g/mol. The van der Waals surface area contributed by atoms with Crippen LogP contribution in [0.25, 0.3) is 0 Å². The van der Waals surface area contributed by atoms with Crippen molar-refractivity contribution in [3.8, 4) is 11.5 Å². The molecular formula is C25H26N4O6. The van der Waals surface area contributed by atoms with E-state index in [1.54, 1.807) is 47.3 Å². The summed E-state index contributed by atoms with van der Waals surface area (Å²) >= 11 is 0. The Kier molecular flexibility index (Phi) is 7.51. The maximum Gasteiger partial charge on any atom is 0.291 e. The molecule has 35 heavy (non-hydrogen) atoms. The molecule has 0 aliphatic heterocycles. The van der Waals surface area contributed by atoms with Gasteiger partial charge in [0.25, 0.3) is 11.8 Å². The third-order valence-electron chi connectivity index (χ3n) is 4.95. The molecule has 1 aromatic carbocycles. The van der Waals surface area contributed by atoms with Gasteiger partial charge in [0, 0.05) is 12.7 Å². The van der Waals surface area contributed by atoms with E-state index in [0.717, 1.165) is 5.75 Å². The molecule has 0 spiro atoms. The summed E-state index contributed by atoms with van der Waals surface area (Å²) in [6.07, 6.45) is 3.12. The first-order chi connectivity index (χ1) is 17.1. The smallest absolute Gasteiger partial charge is 0.291 e. The van der Waals surface area contributed by atoms with Gasteiger partial charge in [-0.05, 0) is 62.4 Å². The Balaban J connectivity index is 1.37. The molecule has 4 aromatic rings. The standard InChI is InChI=1S/C25H26N4O6/c1-3-29-15-21(23(28-29)25(31)26-14-19-6-5-13-33-19)27-24(30)22-12-11-20(35-22)16-34-18-9-7-17(8-10-18)32-4-2/h5-13,15H,3-4,14,16H2,1-2H3,(H,26,31)(H,27,30). The number of nitrogens with one attached hydrogen (secondary N) is 2. The molecule has 0 saturated heterocycles. The van der Waals surface area contributed by atoms with Crippen LogP contribution in [0.5, 0.6) is 11.5 Å². The molecular weight excluding hydrogens is 452 g/mol. The van der Waals surface area contributed by atoms with E-state index in [4.69, 9.17) is 18.3 Å². The molecule has 3 heterocycles. The summed E-state index contributed by atoms with van der Waals surface area (Å²) in [6.45, 7) is 5.27. The van der Waals surface area contributed by atoms with E-state index < -0.39 is 11.8 Å². The van der Waals surface area contributed by atoms with Crippen LogP contribution in [0.4, 0.5) is 5.69 Å². The molecule has 2 amide bonds. The minimum atomic E-state index is -0.506. The molecule has 4 rings (SSSR count). The number of carbonyl (C=O) groups excluding carboxylic acids is 2. The molecule has 0 unspecified atom stereocenters. The van der Waals surface area contributed by atoms with Gasteiger partial charge in [-0.1, -0.05) is 0 Å². The van der Waals surface area contributed by atoms with Crippen LogP contribution < -0.4 is 20.1 Å². The van der Waals surface area contributed by atoms with Gasteiger partial charge in [-0.25, -0.2) is 0 Å². The van der Waals surface area contributed by atoms with E-state index in [1.165, 1.54) is 6.26 Å². The highest BCUT2D eigenvalue weighted by molar-refractivity contribution is 6.07. The molecule has 0 fully saturated rings. The van der Waals surface area contributed by atoms with Gasteiger partial charge in [0.15, 0.2) is 11.5 Å². The number of aryl methyl sites for hydroxylation is 1. The number of amides is 2. The summed E-state index contributed by atoms with van der Waals surface area (Å²) in [5.41, 5.74) is 0.370. The number of hydrogen-bond acceptors (Lipinski definition) is 7. The van der Waals surface area contributed by atoms with E-state index in [1.807, 2.05) is 26.0 Å². The lowest BCUT2D eigenvalue weighted by Gasteiger charge is -2.06. The molecule has 3 aromatic heterocycles. The number of furan rings is 2. The Labute approximate surface area is 201 Å². The first-order valence-corrected chi connectivity index (χ1v) is 11.2. The molecule has 182 valence electrons. The van der Waals surface area contributed by atoms with E-state index in [2.05, 4.69) is 15.7 Å². The van der Waals surface area contributed by atoms with Crippen LogP contribution in [-0.2, 0) is 19.7 Å². The van der Waals surface area contributed by atoms with E-state index in [0.29, 0.717) is 30.4 Å². The summed E-state index contributed by atoms with van der Waals surface area (Å²) in [6, 6.07) is 13.9. The summed E-state index contributed by atoms with van der Waals surface area (Å²) in [5, 5.41) is 9.70. The number of aromatic nitrogens is 2. The predicted octanol–water partition coefficient (Wildman–Crippen LogP) is 4.25. The van der Waals surface area contributed by atoms with E-state index in [9.17, 15) is 9.59 Å². The Morgan fingerprint density at radius 2 is 1.74 bits per heavy atom. The Morgan fingerprint density at radius 1 is 0.971 bits per heavy atom. The summed E-state index contributed by atoms with van der Waals surface area (Å²) in [4.78, 5) is 25.4. The van der Waals surface area contributed by atoms with E-state index in [-0.39, 0.29) is 30.3 Å². The molecule has 0 atom stereocenters. The number of ether oxygens (including phenoxy) is 2. The van der Waals surface area contributed by atoms with Crippen molar-refractivity contribution in [2.75, 3.05) is 11.9 Å². The van der Waals surface area contributed by atoms with E-state index >= 15 is 0 Å². The van der Waals surface area contributed by atoms with Gasteiger partial charge in [-0.15, -0.1) is 0 Å². The lowest BCUT2D eigenvalue weighted by atomic mass is 10.3. The minimum Gasteiger partial charge on any atom is -0.494 e. The summed E-state index contributed by atoms with van der Waals surface area (Å²) in [7, 11) is 0. The van der Waals surface area contributed by atoms with Gasteiger partial charge in [0.2, 0.25) is 0 Å². The molecule has 0 aliphatic carbocycles. The Bertz CT molecular complexity index is 1260. The predicted molar refractivity (Wildman–Crippen MR) is 126 cm³/mol. The minimum absolute atomic E-state index is 0.0847. The maximum absolute atomic E-state index is 12.8. The fourth-order valence-electron chi connectivity index (χ4n) is 3.22. The van der Waals surface area contributed by atoms with Crippen molar-refractivity contribution >= 4 is 17.5 Å². The third-order valence-corrected chi connectivity index (χ3v) is 4.95. The van der Waals surface area contributed by atoms with Gasteiger partial charge >= 0.3 is 0 Å². The number of carbonyl (C=O) groups is 2.